The molecule has 0 aliphatic carbocycles. The smallest absolute Gasteiger partial charge is 0.145 e. The third-order valence-electron chi connectivity index (χ3n) is 3.53. The summed E-state index contributed by atoms with van der Waals surface area (Å²) in [5, 5.41) is 17.0. The van der Waals surface area contributed by atoms with Gasteiger partial charge < -0.3 is 15.3 Å². The van der Waals surface area contributed by atoms with Crippen molar-refractivity contribution in [3.63, 3.8) is 0 Å². The van der Waals surface area contributed by atoms with Crippen molar-refractivity contribution in [2.45, 2.75) is 24.9 Å². The van der Waals surface area contributed by atoms with E-state index in [0.29, 0.717) is 0 Å². The van der Waals surface area contributed by atoms with Crippen molar-refractivity contribution in [1.29, 1.82) is 0 Å². The zero-order valence-corrected chi connectivity index (χ0v) is 9.65. The van der Waals surface area contributed by atoms with E-state index in [2.05, 4.69) is 10.5 Å². The molecular weight excluding hydrogens is 216 g/mol. The Bertz CT molecular complexity index is 450. The van der Waals surface area contributed by atoms with Gasteiger partial charge in [0.1, 0.15) is 11.4 Å². The first kappa shape index (κ1) is 10.6. The average molecular weight is 232 g/mol. The van der Waals surface area contributed by atoms with Gasteiger partial charge in [-0.2, -0.15) is 0 Å². The van der Waals surface area contributed by atoms with Crippen molar-refractivity contribution in [3.05, 3.63) is 29.8 Å². The average Bonchev–Trinajstić information content (AvgIpc) is 2.74. The highest BCUT2D eigenvalue weighted by Crippen LogP contribution is 2.34. The van der Waals surface area contributed by atoms with Gasteiger partial charge in [0.15, 0.2) is 0 Å². The molecule has 1 aromatic carbocycles. The lowest BCUT2D eigenvalue weighted by molar-refractivity contribution is -0.0400. The number of aromatic hydroxyl groups is 1. The molecule has 0 saturated carbocycles. The monoisotopic (exact) mass is 232 g/mol. The summed E-state index contributed by atoms with van der Waals surface area (Å²) in [5.74, 6) is 0.275. The number of piperidine rings is 1. The van der Waals surface area contributed by atoms with Crippen molar-refractivity contribution < 1.29 is 9.94 Å². The zero-order chi connectivity index (χ0) is 11.7. The van der Waals surface area contributed by atoms with Crippen LogP contribution in [-0.4, -0.2) is 29.5 Å². The number of hydrogen-bond donors (Lipinski definition) is 2. The van der Waals surface area contributed by atoms with Gasteiger partial charge in [-0.05, 0) is 25.2 Å². The van der Waals surface area contributed by atoms with E-state index >= 15 is 0 Å². The molecule has 3 rings (SSSR count). The number of nitrogens with zero attached hydrogens (tertiary/aromatic N) is 1. The molecular formula is C13H16N2O2. The minimum atomic E-state index is -0.105. The fourth-order valence-electron chi connectivity index (χ4n) is 2.51. The van der Waals surface area contributed by atoms with E-state index in [-0.39, 0.29) is 11.4 Å². The van der Waals surface area contributed by atoms with E-state index in [0.717, 1.165) is 43.6 Å². The van der Waals surface area contributed by atoms with Crippen LogP contribution in [0, 0.1) is 0 Å². The van der Waals surface area contributed by atoms with Gasteiger partial charge in [0.05, 0.1) is 5.71 Å². The van der Waals surface area contributed by atoms with Crippen molar-refractivity contribution in [1.82, 2.24) is 5.32 Å². The second kappa shape index (κ2) is 4.04. The first-order valence-corrected chi connectivity index (χ1v) is 6.03. The quantitative estimate of drug-likeness (QED) is 0.774. The molecule has 90 valence electrons. The Morgan fingerprint density at radius 3 is 2.88 bits per heavy atom. The third-order valence-corrected chi connectivity index (χ3v) is 3.53. The van der Waals surface area contributed by atoms with Gasteiger partial charge in [-0.15, -0.1) is 0 Å². The predicted molar refractivity (Wildman–Crippen MR) is 65.2 cm³/mol. The molecule has 1 spiro atoms. The largest absolute Gasteiger partial charge is 0.508 e. The number of oxime groups is 1. The Labute approximate surface area is 100 Å². The van der Waals surface area contributed by atoms with Crippen molar-refractivity contribution in [3.8, 4) is 5.75 Å². The number of hydrogen-bond acceptors (Lipinski definition) is 4. The van der Waals surface area contributed by atoms with Crippen LogP contribution in [-0.2, 0) is 4.84 Å². The topological polar surface area (TPSA) is 53.9 Å². The molecule has 1 aromatic rings. The Hall–Kier alpha value is -1.55. The number of benzene rings is 1. The minimum Gasteiger partial charge on any atom is -0.508 e. The Kier molecular flexibility index (Phi) is 2.52. The summed E-state index contributed by atoms with van der Waals surface area (Å²) < 4.78 is 0. The summed E-state index contributed by atoms with van der Waals surface area (Å²) in [6.07, 6.45) is 2.84. The number of phenolic OH excluding ortho intramolecular Hbond substituents is 1. The summed E-state index contributed by atoms with van der Waals surface area (Å²) >= 11 is 0. The molecule has 2 N–H and O–H groups in total. The summed E-state index contributed by atoms with van der Waals surface area (Å²) in [7, 11) is 0. The third kappa shape index (κ3) is 2.00. The maximum atomic E-state index is 9.47. The van der Waals surface area contributed by atoms with Crippen LogP contribution >= 0.6 is 0 Å². The highest BCUT2D eigenvalue weighted by Gasteiger charge is 2.40. The molecule has 2 aliphatic heterocycles. The molecule has 0 unspecified atom stereocenters. The van der Waals surface area contributed by atoms with Gasteiger partial charge in [0.2, 0.25) is 0 Å². The Morgan fingerprint density at radius 1 is 1.29 bits per heavy atom. The van der Waals surface area contributed by atoms with Crippen LogP contribution < -0.4 is 5.32 Å². The van der Waals surface area contributed by atoms with Gasteiger partial charge >= 0.3 is 0 Å². The van der Waals surface area contributed by atoms with Gasteiger partial charge in [-0.25, -0.2) is 0 Å². The first-order chi connectivity index (χ1) is 8.27. The van der Waals surface area contributed by atoms with Crippen molar-refractivity contribution in [2.75, 3.05) is 13.1 Å². The van der Waals surface area contributed by atoms with Gasteiger partial charge in [-0.3, -0.25) is 0 Å². The van der Waals surface area contributed by atoms with E-state index in [1.807, 2.05) is 12.1 Å². The molecule has 0 amide bonds. The lowest BCUT2D eigenvalue weighted by Crippen LogP contribution is -2.42. The van der Waals surface area contributed by atoms with E-state index in [9.17, 15) is 5.11 Å². The summed E-state index contributed by atoms with van der Waals surface area (Å²) in [6, 6.07) is 7.20. The van der Waals surface area contributed by atoms with Crippen LogP contribution in [0.3, 0.4) is 0 Å². The standard InChI is InChI=1S/C13H16N2O2/c16-11-3-1-2-10(8-11)12-9-13(17-15-12)4-6-14-7-5-13/h1-3,8,14,16H,4-7,9H2. The molecule has 2 heterocycles. The molecule has 0 atom stereocenters. The highest BCUT2D eigenvalue weighted by atomic mass is 16.7. The molecule has 0 radical (unpaired) electrons. The molecule has 0 bridgehead atoms. The maximum absolute atomic E-state index is 9.47. The van der Waals surface area contributed by atoms with Crippen molar-refractivity contribution >= 4 is 5.71 Å². The fourth-order valence-corrected chi connectivity index (χ4v) is 2.51. The molecule has 1 fully saturated rings. The second-order valence-electron chi connectivity index (χ2n) is 4.79. The lowest BCUT2D eigenvalue weighted by Gasteiger charge is -2.30. The molecule has 2 aliphatic rings. The maximum Gasteiger partial charge on any atom is 0.145 e. The predicted octanol–water partition coefficient (Wildman–Crippen LogP) is 1.64. The van der Waals surface area contributed by atoms with Crippen molar-refractivity contribution in [2.24, 2.45) is 5.16 Å². The molecule has 1 saturated heterocycles. The van der Waals surface area contributed by atoms with E-state index in [1.54, 1.807) is 12.1 Å². The van der Waals surface area contributed by atoms with E-state index in [4.69, 9.17) is 4.84 Å². The lowest BCUT2D eigenvalue weighted by atomic mass is 9.86. The molecule has 0 aromatic heterocycles. The number of rotatable bonds is 1. The number of nitrogens with one attached hydrogen (secondary N) is 1. The van der Waals surface area contributed by atoms with Crippen LogP contribution in [0.5, 0.6) is 5.75 Å². The van der Waals surface area contributed by atoms with Crippen LogP contribution in [0.2, 0.25) is 0 Å². The van der Waals surface area contributed by atoms with E-state index in [1.165, 1.54) is 0 Å². The van der Waals surface area contributed by atoms with Crippen LogP contribution in [0.4, 0.5) is 0 Å². The summed E-state index contributed by atoms with van der Waals surface area (Å²) in [4.78, 5) is 5.65. The van der Waals surface area contributed by atoms with Crippen LogP contribution in [0.25, 0.3) is 0 Å². The zero-order valence-electron chi connectivity index (χ0n) is 9.65. The normalized spacial score (nSPS) is 22.2. The van der Waals surface area contributed by atoms with Gasteiger partial charge in [0.25, 0.3) is 0 Å². The van der Waals surface area contributed by atoms with Gasteiger partial charge in [-0.1, -0.05) is 17.3 Å². The molecule has 4 heteroatoms. The summed E-state index contributed by atoms with van der Waals surface area (Å²) in [5.41, 5.74) is 1.80. The van der Waals surface area contributed by atoms with E-state index < -0.39 is 0 Å². The first-order valence-electron chi connectivity index (χ1n) is 6.03. The molecule has 4 nitrogen and oxygen atoms in total. The molecule has 17 heavy (non-hydrogen) atoms. The minimum absolute atomic E-state index is 0.105. The van der Waals surface area contributed by atoms with Crippen LogP contribution in [0.1, 0.15) is 24.8 Å². The van der Waals surface area contributed by atoms with Gasteiger partial charge in [0, 0.05) is 24.8 Å². The Morgan fingerprint density at radius 2 is 2.12 bits per heavy atom. The highest BCUT2D eigenvalue weighted by molar-refractivity contribution is 6.01. The number of phenols is 1. The fraction of sp³-hybridized carbons (Fsp3) is 0.462. The Balaban J connectivity index is 1.79. The van der Waals surface area contributed by atoms with Crippen LogP contribution in [0.15, 0.2) is 29.4 Å². The second-order valence-corrected chi connectivity index (χ2v) is 4.79. The summed E-state index contributed by atoms with van der Waals surface area (Å²) in [6.45, 7) is 1.98. The SMILES string of the molecule is Oc1cccc(C2=NOC3(CCNCC3)C2)c1.